The summed E-state index contributed by atoms with van der Waals surface area (Å²) in [4.78, 5) is 0. The van der Waals surface area contributed by atoms with E-state index in [9.17, 15) is 0 Å². The van der Waals surface area contributed by atoms with Crippen LogP contribution in [0.2, 0.25) is 0 Å². The van der Waals surface area contributed by atoms with E-state index >= 15 is 0 Å². The summed E-state index contributed by atoms with van der Waals surface area (Å²) in [5.41, 5.74) is 5.67. The maximum absolute atomic E-state index is 5.56. The van der Waals surface area contributed by atoms with Gasteiger partial charge in [0.15, 0.2) is 0 Å². The molecule has 0 aliphatic carbocycles. The normalized spacial score (nSPS) is 24.9. The predicted molar refractivity (Wildman–Crippen MR) is 32.7 cm³/mol. The number of halogens is 1. The van der Waals surface area contributed by atoms with Crippen molar-refractivity contribution < 1.29 is 0 Å². The van der Waals surface area contributed by atoms with Crippen LogP contribution in [0.25, 0.3) is 0 Å². The standard InChI is InChI=1S/C4H10N2.ClH/c1-4(5)2-6-3-4;/h6H,2-3,5H2,1H3;1H. The highest BCUT2D eigenvalue weighted by molar-refractivity contribution is 5.85. The largest absolute Gasteiger partial charge is 0.323 e. The van der Waals surface area contributed by atoms with Gasteiger partial charge < -0.3 is 11.1 Å². The SMILES string of the molecule is CC1(N)CNC1.Cl. The summed E-state index contributed by atoms with van der Waals surface area (Å²) < 4.78 is 0. The van der Waals surface area contributed by atoms with Crippen molar-refractivity contribution in [2.45, 2.75) is 12.5 Å². The van der Waals surface area contributed by atoms with Gasteiger partial charge in [0, 0.05) is 18.6 Å². The minimum atomic E-state index is 0. The van der Waals surface area contributed by atoms with E-state index in [1.54, 1.807) is 0 Å². The molecule has 0 unspecified atom stereocenters. The van der Waals surface area contributed by atoms with Crippen LogP contribution in [0.1, 0.15) is 6.92 Å². The second-order valence-electron chi connectivity index (χ2n) is 2.26. The van der Waals surface area contributed by atoms with Crippen LogP contribution < -0.4 is 11.1 Å². The smallest absolute Gasteiger partial charge is 0.0378 e. The Bertz CT molecular complexity index is 56.7. The first-order valence-electron chi connectivity index (χ1n) is 2.20. The molecule has 1 fully saturated rings. The number of nitrogens with two attached hydrogens (primary N) is 1. The molecule has 0 aromatic heterocycles. The molecular weight excluding hydrogens is 112 g/mol. The molecule has 3 N–H and O–H groups in total. The van der Waals surface area contributed by atoms with Gasteiger partial charge in [-0.2, -0.15) is 0 Å². The Morgan fingerprint density at radius 2 is 1.86 bits per heavy atom. The highest BCUT2D eigenvalue weighted by Gasteiger charge is 2.25. The lowest BCUT2D eigenvalue weighted by molar-refractivity contribution is 0.309. The van der Waals surface area contributed by atoms with Crippen LogP contribution in [-0.4, -0.2) is 18.6 Å². The molecule has 1 rings (SSSR count). The van der Waals surface area contributed by atoms with E-state index in [2.05, 4.69) is 5.32 Å². The van der Waals surface area contributed by atoms with Gasteiger partial charge in [-0.15, -0.1) is 12.4 Å². The Balaban J connectivity index is 0.000000360. The third-order valence-corrected chi connectivity index (χ3v) is 1.06. The average molecular weight is 123 g/mol. The summed E-state index contributed by atoms with van der Waals surface area (Å²) >= 11 is 0. The second-order valence-corrected chi connectivity index (χ2v) is 2.26. The van der Waals surface area contributed by atoms with E-state index in [-0.39, 0.29) is 17.9 Å². The van der Waals surface area contributed by atoms with E-state index in [0.717, 1.165) is 13.1 Å². The lowest BCUT2D eigenvalue weighted by Crippen LogP contribution is -2.63. The molecule has 1 aliphatic heterocycles. The van der Waals surface area contributed by atoms with E-state index in [0.29, 0.717) is 0 Å². The summed E-state index contributed by atoms with van der Waals surface area (Å²) in [6, 6.07) is 0. The molecule has 0 aromatic rings. The first-order valence-corrected chi connectivity index (χ1v) is 2.20. The van der Waals surface area contributed by atoms with Crippen molar-refractivity contribution >= 4 is 12.4 Å². The lowest BCUT2D eigenvalue weighted by atomic mass is 9.98. The van der Waals surface area contributed by atoms with Crippen LogP contribution in [0.5, 0.6) is 0 Å². The van der Waals surface area contributed by atoms with Crippen LogP contribution in [0.4, 0.5) is 0 Å². The summed E-state index contributed by atoms with van der Waals surface area (Å²) in [6.07, 6.45) is 0. The first-order chi connectivity index (χ1) is 2.71. The van der Waals surface area contributed by atoms with E-state index in [1.807, 2.05) is 6.92 Å². The maximum atomic E-state index is 5.56. The molecule has 0 radical (unpaired) electrons. The molecule has 1 heterocycles. The van der Waals surface area contributed by atoms with E-state index in [4.69, 9.17) is 5.73 Å². The Kier molecular flexibility index (Phi) is 2.05. The maximum Gasteiger partial charge on any atom is 0.0378 e. The highest BCUT2D eigenvalue weighted by Crippen LogP contribution is 2.01. The number of hydrogen-bond donors (Lipinski definition) is 2. The molecule has 44 valence electrons. The minimum absolute atomic E-state index is 0. The molecule has 2 nitrogen and oxygen atoms in total. The van der Waals surface area contributed by atoms with Crippen molar-refractivity contribution in [2.24, 2.45) is 5.73 Å². The first kappa shape index (κ1) is 7.21. The number of rotatable bonds is 0. The molecule has 0 bridgehead atoms. The number of nitrogens with one attached hydrogen (secondary N) is 1. The third kappa shape index (κ3) is 1.63. The molecule has 1 saturated heterocycles. The van der Waals surface area contributed by atoms with Crippen molar-refractivity contribution in [3.05, 3.63) is 0 Å². The Hall–Kier alpha value is 0.210. The average Bonchev–Trinajstić information content (AvgIpc) is 1.32. The van der Waals surface area contributed by atoms with Crippen LogP contribution in [0, 0.1) is 0 Å². The van der Waals surface area contributed by atoms with Crippen molar-refractivity contribution in [3.8, 4) is 0 Å². The Morgan fingerprint density at radius 1 is 1.57 bits per heavy atom. The fourth-order valence-electron chi connectivity index (χ4n) is 0.519. The molecular formula is C4H11ClN2. The highest BCUT2D eigenvalue weighted by atomic mass is 35.5. The van der Waals surface area contributed by atoms with Gasteiger partial charge in [0.1, 0.15) is 0 Å². The van der Waals surface area contributed by atoms with E-state index < -0.39 is 0 Å². The lowest BCUT2D eigenvalue weighted by Gasteiger charge is -2.34. The topological polar surface area (TPSA) is 38.0 Å². The van der Waals surface area contributed by atoms with Crippen LogP contribution in [0.3, 0.4) is 0 Å². The summed E-state index contributed by atoms with van der Waals surface area (Å²) in [5, 5.41) is 3.08. The van der Waals surface area contributed by atoms with Crippen LogP contribution in [-0.2, 0) is 0 Å². The molecule has 1 aliphatic rings. The minimum Gasteiger partial charge on any atom is -0.323 e. The van der Waals surface area contributed by atoms with Gasteiger partial charge in [-0.25, -0.2) is 0 Å². The zero-order valence-electron chi connectivity index (χ0n) is 4.40. The zero-order chi connectivity index (χ0) is 4.62. The molecule has 0 spiro atoms. The van der Waals surface area contributed by atoms with Crippen molar-refractivity contribution in [1.82, 2.24) is 5.32 Å². The third-order valence-electron chi connectivity index (χ3n) is 1.06. The van der Waals surface area contributed by atoms with Gasteiger partial charge in [-0.05, 0) is 6.92 Å². The van der Waals surface area contributed by atoms with Crippen LogP contribution >= 0.6 is 12.4 Å². The molecule has 0 aromatic carbocycles. The Labute approximate surface area is 49.9 Å². The number of hydrogen-bond acceptors (Lipinski definition) is 2. The fourth-order valence-corrected chi connectivity index (χ4v) is 0.519. The predicted octanol–water partition coefficient (Wildman–Crippen LogP) is -0.271. The fraction of sp³-hybridized carbons (Fsp3) is 1.00. The summed E-state index contributed by atoms with van der Waals surface area (Å²) in [5.74, 6) is 0. The molecule has 0 saturated carbocycles. The van der Waals surface area contributed by atoms with Gasteiger partial charge in [0.2, 0.25) is 0 Å². The molecule has 0 atom stereocenters. The van der Waals surface area contributed by atoms with Crippen molar-refractivity contribution in [3.63, 3.8) is 0 Å². The van der Waals surface area contributed by atoms with Gasteiger partial charge in [-0.3, -0.25) is 0 Å². The monoisotopic (exact) mass is 122 g/mol. The Morgan fingerprint density at radius 3 is 1.86 bits per heavy atom. The van der Waals surface area contributed by atoms with Gasteiger partial charge in [0.05, 0.1) is 0 Å². The van der Waals surface area contributed by atoms with Gasteiger partial charge >= 0.3 is 0 Å². The zero-order valence-corrected chi connectivity index (χ0v) is 5.22. The molecule has 0 amide bonds. The molecule has 3 heteroatoms. The molecule has 7 heavy (non-hydrogen) atoms. The van der Waals surface area contributed by atoms with Crippen molar-refractivity contribution in [1.29, 1.82) is 0 Å². The summed E-state index contributed by atoms with van der Waals surface area (Å²) in [6.45, 7) is 4.00. The quantitative estimate of drug-likeness (QED) is 0.464. The summed E-state index contributed by atoms with van der Waals surface area (Å²) in [7, 11) is 0. The van der Waals surface area contributed by atoms with Crippen LogP contribution in [0.15, 0.2) is 0 Å². The second kappa shape index (κ2) is 1.99. The van der Waals surface area contributed by atoms with Crippen molar-refractivity contribution in [2.75, 3.05) is 13.1 Å². The van der Waals surface area contributed by atoms with E-state index in [1.165, 1.54) is 0 Å². The van der Waals surface area contributed by atoms with Gasteiger partial charge in [0.25, 0.3) is 0 Å². The van der Waals surface area contributed by atoms with Gasteiger partial charge in [-0.1, -0.05) is 0 Å².